The standard InChI is InChI=1S/C22H22N3O4/c1-25(22(21(23)27)11-5-6-12-22)20(26)14-9-10-15(18(13-14)28-2)19-24-16-7-3-4-8-17(16)29-19/h3-5,7-10,13H,6,11-12H2,1-2H3,(H2,23,27)/t22-/m1/s1. The third kappa shape index (κ3) is 3.12. The largest absolute Gasteiger partial charge is 0.496 e. The van der Waals surface area contributed by atoms with E-state index in [2.05, 4.69) is 4.98 Å². The summed E-state index contributed by atoms with van der Waals surface area (Å²) in [4.78, 5) is 31.2. The van der Waals surface area contributed by atoms with Crippen LogP contribution in [-0.2, 0) is 4.79 Å². The molecule has 1 heterocycles. The number of likely N-dealkylation sites (N-methyl/N-ethyl adjacent to an activating group) is 1. The molecule has 2 amide bonds. The Morgan fingerprint density at radius 1 is 1.24 bits per heavy atom. The molecule has 4 rings (SSSR count). The molecule has 0 aliphatic heterocycles. The Bertz CT molecular complexity index is 1050. The van der Waals surface area contributed by atoms with E-state index in [-0.39, 0.29) is 5.91 Å². The highest BCUT2D eigenvalue weighted by Crippen LogP contribution is 2.36. The van der Waals surface area contributed by atoms with Crippen molar-refractivity contribution in [2.45, 2.75) is 24.8 Å². The van der Waals surface area contributed by atoms with Crippen LogP contribution in [0.15, 0.2) is 46.9 Å². The highest BCUT2D eigenvalue weighted by Gasteiger charge is 2.45. The number of nitrogens with zero attached hydrogens (tertiary/aromatic N) is 2. The molecule has 1 aliphatic carbocycles. The maximum Gasteiger partial charge on any atom is 0.254 e. The first-order valence-electron chi connectivity index (χ1n) is 9.40. The molecule has 7 nitrogen and oxygen atoms in total. The van der Waals surface area contributed by atoms with Gasteiger partial charge in [0.1, 0.15) is 16.8 Å². The predicted octanol–water partition coefficient (Wildman–Crippen LogP) is 3.19. The first kappa shape index (κ1) is 19.0. The summed E-state index contributed by atoms with van der Waals surface area (Å²) in [6.07, 6.45) is 3.73. The summed E-state index contributed by atoms with van der Waals surface area (Å²) < 4.78 is 11.3. The number of para-hydroxylation sites is 2. The van der Waals surface area contributed by atoms with E-state index in [9.17, 15) is 9.59 Å². The number of benzene rings is 2. The number of rotatable bonds is 5. The van der Waals surface area contributed by atoms with Gasteiger partial charge in [0.05, 0.1) is 12.7 Å². The van der Waals surface area contributed by atoms with Gasteiger partial charge in [-0.05, 0) is 56.0 Å². The summed E-state index contributed by atoms with van der Waals surface area (Å²) in [5, 5.41) is 0. The lowest BCUT2D eigenvalue weighted by molar-refractivity contribution is -0.127. The second-order valence-corrected chi connectivity index (χ2v) is 7.19. The Balaban J connectivity index is 1.69. The third-order valence-corrected chi connectivity index (χ3v) is 5.62. The van der Waals surface area contributed by atoms with Crippen LogP contribution in [0.25, 0.3) is 22.6 Å². The number of ether oxygens (including phenoxy) is 1. The Morgan fingerprint density at radius 2 is 2.03 bits per heavy atom. The van der Waals surface area contributed by atoms with Gasteiger partial charge in [-0.2, -0.15) is 0 Å². The van der Waals surface area contributed by atoms with Crippen LogP contribution in [0.4, 0.5) is 0 Å². The topological polar surface area (TPSA) is 98.7 Å². The molecular formula is C22H22N3O4. The Morgan fingerprint density at radius 3 is 2.69 bits per heavy atom. The van der Waals surface area contributed by atoms with Crippen LogP contribution in [0.3, 0.4) is 0 Å². The quantitative estimate of drug-likeness (QED) is 0.719. The fourth-order valence-corrected chi connectivity index (χ4v) is 3.85. The molecule has 2 aromatic carbocycles. The van der Waals surface area contributed by atoms with Crippen molar-refractivity contribution in [2.75, 3.05) is 14.2 Å². The maximum absolute atomic E-state index is 13.1. The SMILES string of the molecule is COc1cc(C(=O)N(C)[C@]2(C(N)=O)C[CH]CC2)ccc1-c1nc2ccccc2o1. The molecule has 1 radical (unpaired) electrons. The molecule has 7 heteroatoms. The minimum atomic E-state index is -0.983. The van der Waals surface area contributed by atoms with Gasteiger partial charge in [-0.3, -0.25) is 9.59 Å². The van der Waals surface area contributed by atoms with Crippen LogP contribution in [-0.4, -0.2) is 41.4 Å². The molecule has 3 aromatic rings. The number of amides is 2. The summed E-state index contributed by atoms with van der Waals surface area (Å²) >= 11 is 0. The average molecular weight is 392 g/mol. The summed E-state index contributed by atoms with van der Waals surface area (Å²) in [7, 11) is 3.14. The van der Waals surface area contributed by atoms with Gasteiger partial charge in [-0.25, -0.2) is 4.98 Å². The van der Waals surface area contributed by atoms with Gasteiger partial charge in [0.25, 0.3) is 5.91 Å². The molecule has 0 spiro atoms. The summed E-state index contributed by atoms with van der Waals surface area (Å²) in [5.74, 6) is 0.0926. The summed E-state index contributed by atoms with van der Waals surface area (Å²) in [6.45, 7) is 0. The summed E-state index contributed by atoms with van der Waals surface area (Å²) in [6, 6.07) is 12.5. The number of hydrogen-bond donors (Lipinski definition) is 1. The van der Waals surface area contributed by atoms with Gasteiger partial charge in [-0.15, -0.1) is 0 Å². The monoisotopic (exact) mass is 392 g/mol. The van der Waals surface area contributed by atoms with Crippen molar-refractivity contribution < 1.29 is 18.7 Å². The van der Waals surface area contributed by atoms with Crippen molar-refractivity contribution in [2.24, 2.45) is 5.73 Å². The van der Waals surface area contributed by atoms with Gasteiger partial charge in [-0.1, -0.05) is 12.1 Å². The van der Waals surface area contributed by atoms with Gasteiger partial charge < -0.3 is 19.8 Å². The van der Waals surface area contributed by atoms with E-state index in [1.807, 2.05) is 30.7 Å². The zero-order valence-corrected chi connectivity index (χ0v) is 16.3. The molecule has 1 fully saturated rings. The normalized spacial score (nSPS) is 15.4. The molecule has 29 heavy (non-hydrogen) atoms. The number of methoxy groups -OCH3 is 1. The lowest BCUT2D eigenvalue weighted by Gasteiger charge is -2.36. The molecule has 1 saturated carbocycles. The van der Waals surface area contributed by atoms with E-state index in [1.165, 1.54) is 12.0 Å². The van der Waals surface area contributed by atoms with E-state index in [0.29, 0.717) is 41.2 Å². The minimum Gasteiger partial charge on any atom is -0.496 e. The second kappa shape index (κ2) is 7.24. The van der Waals surface area contributed by atoms with Crippen molar-refractivity contribution in [3.63, 3.8) is 0 Å². The van der Waals surface area contributed by atoms with Crippen molar-refractivity contribution in [1.29, 1.82) is 0 Å². The van der Waals surface area contributed by atoms with Crippen molar-refractivity contribution >= 4 is 22.9 Å². The first-order chi connectivity index (χ1) is 14.0. The zero-order chi connectivity index (χ0) is 20.6. The zero-order valence-electron chi connectivity index (χ0n) is 16.3. The number of carbonyl (C=O) groups excluding carboxylic acids is 2. The van der Waals surface area contributed by atoms with E-state index in [1.54, 1.807) is 25.2 Å². The predicted molar refractivity (Wildman–Crippen MR) is 108 cm³/mol. The number of fused-ring (bicyclic) bond motifs is 1. The molecule has 1 aromatic heterocycles. The summed E-state index contributed by atoms with van der Waals surface area (Å²) in [5.41, 5.74) is 7.11. The number of nitrogens with two attached hydrogens (primary N) is 1. The molecular weight excluding hydrogens is 370 g/mol. The fraction of sp³-hybridized carbons (Fsp3) is 0.273. The van der Waals surface area contributed by atoms with Crippen LogP contribution in [0.5, 0.6) is 5.75 Å². The second-order valence-electron chi connectivity index (χ2n) is 7.19. The first-order valence-corrected chi connectivity index (χ1v) is 9.40. The molecule has 2 N–H and O–H groups in total. The molecule has 149 valence electrons. The molecule has 0 unspecified atom stereocenters. The highest BCUT2D eigenvalue weighted by atomic mass is 16.5. The van der Waals surface area contributed by atoms with E-state index in [0.717, 1.165) is 11.9 Å². The number of oxazole rings is 1. The number of carbonyl (C=O) groups is 2. The highest BCUT2D eigenvalue weighted by molar-refractivity contribution is 5.99. The minimum absolute atomic E-state index is 0.290. The van der Waals surface area contributed by atoms with E-state index >= 15 is 0 Å². The lowest BCUT2D eigenvalue weighted by atomic mass is 9.93. The van der Waals surface area contributed by atoms with Crippen molar-refractivity contribution in [1.82, 2.24) is 9.88 Å². The van der Waals surface area contributed by atoms with Crippen LogP contribution in [0.1, 0.15) is 29.6 Å². The average Bonchev–Trinajstić information content (AvgIpc) is 3.40. The Hall–Kier alpha value is -3.35. The molecule has 0 bridgehead atoms. The number of primary amides is 1. The van der Waals surface area contributed by atoms with Gasteiger partial charge in [0.2, 0.25) is 11.8 Å². The van der Waals surface area contributed by atoms with Crippen molar-refractivity contribution in [3.8, 4) is 17.2 Å². The third-order valence-electron chi connectivity index (χ3n) is 5.62. The molecule has 1 aliphatic rings. The number of aromatic nitrogens is 1. The number of hydrogen-bond acceptors (Lipinski definition) is 5. The Kier molecular flexibility index (Phi) is 4.74. The Labute approximate surface area is 168 Å². The van der Waals surface area contributed by atoms with E-state index in [4.69, 9.17) is 14.9 Å². The lowest BCUT2D eigenvalue weighted by Crippen LogP contribution is -2.56. The van der Waals surface area contributed by atoms with Crippen LogP contribution < -0.4 is 10.5 Å². The smallest absolute Gasteiger partial charge is 0.254 e. The van der Waals surface area contributed by atoms with Gasteiger partial charge >= 0.3 is 0 Å². The fourth-order valence-electron chi connectivity index (χ4n) is 3.85. The molecule has 0 saturated heterocycles. The van der Waals surface area contributed by atoms with Gasteiger partial charge in [0, 0.05) is 12.6 Å². The van der Waals surface area contributed by atoms with Crippen LogP contribution >= 0.6 is 0 Å². The van der Waals surface area contributed by atoms with Crippen LogP contribution in [0, 0.1) is 6.42 Å². The van der Waals surface area contributed by atoms with E-state index < -0.39 is 11.4 Å². The van der Waals surface area contributed by atoms with Crippen LogP contribution in [0.2, 0.25) is 0 Å². The van der Waals surface area contributed by atoms with Gasteiger partial charge in [0.15, 0.2) is 5.58 Å². The van der Waals surface area contributed by atoms with Crippen molar-refractivity contribution in [3.05, 3.63) is 54.4 Å². The maximum atomic E-state index is 13.1. The molecule has 1 atom stereocenters.